The molecule has 0 aliphatic heterocycles. The summed E-state index contributed by atoms with van der Waals surface area (Å²) in [5.74, 6) is -0.140. The zero-order valence-electron chi connectivity index (χ0n) is 19.4. The molecule has 4 rings (SSSR count). The van der Waals surface area contributed by atoms with Crippen molar-refractivity contribution in [1.29, 1.82) is 0 Å². The van der Waals surface area contributed by atoms with Crippen LogP contribution >= 0.6 is 11.3 Å². The summed E-state index contributed by atoms with van der Waals surface area (Å²) in [5, 5.41) is 2.76. The maximum absolute atomic E-state index is 14.7. The van der Waals surface area contributed by atoms with Gasteiger partial charge in [-0.1, -0.05) is 6.92 Å². The lowest BCUT2D eigenvalue weighted by atomic mass is 10.1. The van der Waals surface area contributed by atoms with E-state index in [0.29, 0.717) is 18.1 Å². The van der Waals surface area contributed by atoms with Gasteiger partial charge in [-0.15, -0.1) is 11.3 Å². The lowest BCUT2D eigenvalue weighted by Crippen LogP contribution is -2.17. The quantitative estimate of drug-likeness (QED) is 0.280. The Kier molecular flexibility index (Phi) is 7.54. The van der Waals surface area contributed by atoms with Crippen LogP contribution in [0.5, 0.6) is 17.2 Å². The van der Waals surface area contributed by atoms with Gasteiger partial charge >= 0.3 is 0 Å². The van der Waals surface area contributed by atoms with Crippen LogP contribution in [0.15, 0.2) is 65.0 Å². The van der Waals surface area contributed by atoms with Crippen LogP contribution in [-0.2, 0) is 14.6 Å². The van der Waals surface area contributed by atoms with Crippen molar-refractivity contribution >= 4 is 21.2 Å². The standard InChI is InChI=1S/C25H25FN2O5S2/c1-4-35(29,30)20-5-8-24(21(26)14-20)33-19-12-17(11-18(13-19)32-16(2)15-31-3)22-6-7-23(28-22)25-27-9-10-34-25/h5-14,16,28H,4,15H2,1-3H3/t16-/m0/s1. The number of ether oxygens (including phenoxy) is 3. The topological polar surface area (TPSA) is 90.5 Å². The molecule has 0 radical (unpaired) electrons. The second kappa shape index (κ2) is 10.6. The molecule has 1 N–H and O–H groups in total. The Bertz CT molecular complexity index is 1400. The summed E-state index contributed by atoms with van der Waals surface area (Å²) in [6.07, 6.45) is 1.51. The molecular weight excluding hydrogens is 491 g/mol. The highest BCUT2D eigenvalue weighted by atomic mass is 32.2. The second-order valence-corrected chi connectivity index (χ2v) is 11.0. The van der Waals surface area contributed by atoms with Crippen LogP contribution in [-0.4, -0.2) is 44.0 Å². The van der Waals surface area contributed by atoms with E-state index in [1.165, 1.54) is 30.4 Å². The summed E-state index contributed by atoms with van der Waals surface area (Å²) < 4.78 is 55.9. The van der Waals surface area contributed by atoms with Gasteiger partial charge in [-0.05, 0) is 49.4 Å². The average Bonchev–Trinajstić information content (AvgIpc) is 3.52. The van der Waals surface area contributed by atoms with Crippen LogP contribution in [0, 0.1) is 5.82 Å². The van der Waals surface area contributed by atoms with Crippen molar-refractivity contribution in [1.82, 2.24) is 9.97 Å². The van der Waals surface area contributed by atoms with Gasteiger partial charge in [0.1, 0.15) is 22.6 Å². The number of nitrogens with zero attached hydrogens (tertiary/aromatic N) is 1. The van der Waals surface area contributed by atoms with E-state index in [1.807, 2.05) is 30.5 Å². The molecule has 4 aromatic rings. The number of thiazole rings is 1. The summed E-state index contributed by atoms with van der Waals surface area (Å²) in [6.45, 7) is 3.77. The van der Waals surface area contributed by atoms with Crippen molar-refractivity contribution < 1.29 is 27.0 Å². The maximum Gasteiger partial charge on any atom is 0.178 e. The van der Waals surface area contributed by atoms with Gasteiger partial charge in [0.15, 0.2) is 21.4 Å². The summed E-state index contributed by atoms with van der Waals surface area (Å²) >= 11 is 1.52. The Morgan fingerprint density at radius 1 is 1.09 bits per heavy atom. The minimum Gasteiger partial charge on any atom is -0.488 e. The normalized spacial score (nSPS) is 12.5. The molecule has 0 aliphatic rings. The number of H-pyrrole nitrogens is 1. The average molecular weight is 517 g/mol. The van der Waals surface area contributed by atoms with E-state index < -0.39 is 15.7 Å². The molecule has 0 aliphatic carbocycles. The highest BCUT2D eigenvalue weighted by molar-refractivity contribution is 7.91. The van der Waals surface area contributed by atoms with Crippen LogP contribution < -0.4 is 9.47 Å². The number of benzene rings is 2. The third-order valence-corrected chi connectivity index (χ3v) is 7.69. The largest absolute Gasteiger partial charge is 0.488 e. The Hall–Kier alpha value is -3.21. The van der Waals surface area contributed by atoms with Gasteiger partial charge in [-0.25, -0.2) is 17.8 Å². The first-order chi connectivity index (χ1) is 16.8. The Morgan fingerprint density at radius 2 is 1.86 bits per heavy atom. The summed E-state index contributed by atoms with van der Waals surface area (Å²) in [6, 6.07) is 12.7. The third-order valence-electron chi connectivity index (χ3n) is 5.15. The van der Waals surface area contributed by atoms with Crippen LogP contribution in [0.1, 0.15) is 13.8 Å². The zero-order valence-corrected chi connectivity index (χ0v) is 21.1. The van der Waals surface area contributed by atoms with E-state index in [2.05, 4.69) is 9.97 Å². The number of halogens is 1. The van der Waals surface area contributed by atoms with Crippen LogP contribution in [0.4, 0.5) is 4.39 Å². The smallest absolute Gasteiger partial charge is 0.178 e. The molecule has 2 aromatic carbocycles. The molecule has 0 bridgehead atoms. The first-order valence-corrected chi connectivity index (χ1v) is 13.4. The highest BCUT2D eigenvalue weighted by Gasteiger charge is 2.17. The molecule has 0 saturated heterocycles. The lowest BCUT2D eigenvalue weighted by Gasteiger charge is -2.16. The van der Waals surface area contributed by atoms with E-state index in [-0.39, 0.29) is 22.5 Å². The van der Waals surface area contributed by atoms with E-state index in [1.54, 1.807) is 25.4 Å². The van der Waals surface area contributed by atoms with Gasteiger partial charge in [0.2, 0.25) is 0 Å². The first-order valence-electron chi connectivity index (χ1n) is 10.9. The summed E-state index contributed by atoms with van der Waals surface area (Å²) in [4.78, 5) is 7.58. The van der Waals surface area contributed by atoms with Crippen LogP contribution in [0.3, 0.4) is 0 Å². The van der Waals surface area contributed by atoms with E-state index in [0.717, 1.165) is 28.0 Å². The van der Waals surface area contributed by atoms with Gasteiger partial charge in [-0.2, -0.15) is 0 Å². The molecule has 0 unspecified atom stereocenters. The van der Waals surface area contributed by atoms with Gasteiger partial charge in [-0.3, -0.25) is 0 Å². The molecule has 1 atom stereocenters. The SMILES string of the molecule is CCS(=O)(=O)c1ccc(Oc2cc(O[C@@H](C)COC)cc(-c3ccc(-c4nccs4)[nH]3)c2)c(F)c1. The molecular formula is C25H25FN2O5S2. The third kappa shape index (κ3) is 5.90. The molecule has 184 valence electrons. The number of methoxy groups -OCH3 is 1. The number of aromatic amines is 1. The van der Waals surface area contributed by atoms with Gasteiger partial charge < -0.3 is 19.2 Å². The molecule has 0 saturated carbocycles. The Morgan fingerprint density at radius 3 is 2.54 bits per heavy atom. The Balaban J connectivity index is 1.68. The van der Waals surface area contributed by atoms with E-state index >= 15 is 0 Å². The van der Waals surface area contributed by atoms with E-state index in [9.17, 15) is 12.8 Å². The molecule has 2 heterocycles. The number of rotatable bonds is 10. The van der Waals surface area contributed by atoms with Crippen molar-refractivity contribution in [2.75, 3.05) is 19.5 Å². The highest BCUT2D eigenvalue weighted by Crippen LogP contribution is 2.35. The molecule has 0 amide bonds. The Labute approximate surface area is 207 Å². The first kappa shape index (κ1) is 24.9. The fraction of sp³-hybridized carbons (Fsp3) is 0.240. The van der Waals surface area contributed by atoms with Gasteiger partial charge in [0.25, 0.3) is 0 Å². The predicted molar refractivity (Wildman–Crippen MR) is 134 cm³/mol. The van der Waals surface area contributed by atoms with E-state index in [4.69, 9.17) is 14.2 Å². The van der Waals surface area contributed by atoms with Crippen molar-refractivity contribution in [3.8, 4) is 39.2 Å². The van der Waals surface area contributed by atoms with Crippen molar-refractivity contribution in [2.45, 2.75) is 24.8 Å². The monoisotopic (exact) mass is 516 g/mol. The summed E-state index contributed by atoms with van der Waals surface area (Å²) in [7, 11) is -1.94. The molecule has 10 heteroatoms. The lowest BCUT2D eigenvalue weighted by molar-refractivity contribution is 0.0920. The fourth-order valence-electron chi connectivity index (χ4n) is 3.45. The van der Waals surface area contributed by atoms with Crippen molar-refractivity contribution in [2.24, 2.45) is 0 Å². The fourth-order valence-corrected chi connectivity index (χ4v) is 4.96. The molecule has 35 heavy (non-hydrogen) atoms. The van der Waals surface area contributed by atoms with Crippen molar-refractivity contribution in [3.63, 3.8) is 0 Å². The molecule has 0 spiro atoms. The van der Waals surface area contributed by atoms with Gasteiger partial charge in [0.05, 0.1) is 22.9 Å². The van der Waals surface area contributed by atoms with Crippen molar-refractivity contribution in [3.05, 3.63) is 65.9 Å². The van der Waals surface area contributed by atoms with Crippen LogP contribution in [0.2, 0.25) is 0 Å². The number of sulfone groups is 1. The van der Waals surface area contributed by atoms with Gasteiger partial charge in [0, 0.05) is 36.0 Å². The van der Waals surface area contributed by atoms with Crippen LogP contribution in [0.25, 0.3) is 22.0 Å². The number of aromatic nitrogens is 2. The molecule has 0 fully saturated rings. The number of hydrogen-bond acceptors (Lipinski definition) is 7. The molecule has 2 aromatic heterocycles. The minimum atomic E-state index is -3.53. The maximum atomic E-state index is 14.7. The number of hydrogen-bond donors (Lipinski definition) is 1. The second-order valence-electron chi connectivity index (χ2n) is 7.80. The minimum absolute atomic E-state index is 0.0860. The summed E-state index contributed by atoms with van der Waals surface area (Å²) in [5.41, 5.74) is 2.43. The number of nitrogens with one attached hydrogen (secondary N) is 1. The molecule has 7 nitrogen and oxygen atoms in total. The zero-order chi connectivity index (χ0) is 25.0. The predicted octanol–water partition coefficient (Wildman–Crippen LogP) is 5.94.